The highest BCUT2D eigenvalue weighted by Gasteiger charge is 2.25. The normalized spacial score (nSPS) is 12.0. The van der Waals surface area contributed by atoms with Crippen molar-refractivity contribution >= 4 is 0 Å². The fourth-order valence-electron chi connectivity index (χ4n) is 1.70. The molecule has 1 rings (SSSR count). The molecule has 2 N–H and O–H groups in total. The summed E-state index contributed by atoms with van der Waals surface area (Å²) >= 11 is 0. The molecule has 0 aliphatic heterocycles. The van der Waals surface area contributed by atoms with Gasteiger partial charge in [-0.2, -0.15) is 0 Å². The molecule has 0 atom stereocenters. The highest BCUT2D eigenvalue weighted by molar-refractivity contribution is 5.23. The first-order valence-electron chi connectivity index (χ1n) is 6.61. The average molecular weight is 310 g/mol. The van der Waals surface area contributed by atoms with E-state index in [4.69, 9.17) is 0 Å². The van der Waals surface area contributed by atoms with E-state index in [1.54, 1.807) is 0 Å². The summed E-state index contributed by atoms with van der Waals surface area (Å²) in [5, 5.41) is 5.88. The van der Waals surface area contributed by atoms with E-state index in [9.17, 15) is 22.0 Å². The maximum atomic E-state index is 13.4. The molecule has 0 fully saturated rings. The molecular formula is C14H19F5N2. The van der Waals surface area contributed by atoms with Crippen LogP contribution in [0.2, 0.25) is 0 Å². The maximum Gasteiger partial charge on any atom is 0.200 e. The van der Waals surface area contributed by atoms with E-state index in [-0.39, 0.29) is 5.54 Å². The first-order chi connectivity index (χ1) is 9.65. The van der Waals surface area contributed by atoms with Gasteiger partial charge in [0, 0.05) is 17.6 Å². The zero-order valence-electron chi connectivity index (χ0n) is 12.2. The van der Waals surface area contributed by atoms with Gasteiger partial charge in [0.1, 0.15) is 0 Å². The van der Waals surface area contributed by atoms with Crippen molar-refractivity contribution in [1.82, 2.24) is 10.6 Å². The van der Waals surface area contributed by atoms with E-state index in [2.05, 4.69) is 10.6 Å². The summed E-state index contributed by atoms with van der Waals surface area (Å²) in [5.41, 5.74) is -0.878. The van der Waals surface area contributed by atoms with Crippen LogP contribution in [-0.4, -0.2) is 18.6 Å². The molecule has 0 spiro atoms. The highest BCUT2D eigenvalue weighted by Crippen LogP contribution is 2.22. The fourth-order valence-corrected chi connectivity index (χ4v) is 1.70. The van der Waals surface area contributed by atoms with Crippen LogP contribution >= 0.6 is 0 Å². The zero-order chi connectivity index (χ0) is 16.2. The van der Waals surface area contributed by atoms with Gasteiger partial charge in [0.15, 0.2) is 23.3 Å². The van der Waals surface area contributed by atoms with Crippen molar-refractivity contribution in [3.05, 3.63) is 34.6 Å². The molecule has 0 saturated carbocycles. The van der Waals surface area contributed by atoms with Gasteiger partial charge >= 0.3 is 0 Å². The van der Waals surface area contributed by atoms with Gasteiger partial charge in [0.05, 0.1) is 0 Å². The minimum absolute atomic E-state index is 0.0402. The molecule has 1 aromatic rings. The number of benzene rings is 1. The lowest BCUT2D eigenvalue weighted by molar-refractivity contribution is 0.366. The molecule has 0 heterocycles. The molecule has 7 heteroatoms. The van der Waals surface area contributed by atoms with Gasteiger partial charge in [0.2, 0.25) is 5.82 Å². The fraction of sp³-hybridized carbons (Fsp3) is 0.571. The summed E-state index contributed by atoms with van der Waals surface area (Å²) in [6.07, 6.45) is 0.659. The Morgan fingerprint density at radius 3 is 1.71 bits per heavy atom. The molecule has 0 radical (unpaired) electrons. The van der Waals surface area contributed by atoms with E-state index in [0.717, 1.165) is 0 Å². The maximum absolute atomic E-state index is 13.4. The monoisotopic (exact) mass is 310 g/mol. The van der Waals surface area contributed by atoms with E-state index >= 15 is 0 Å². The molecule has 0 amide bonds. The molecule has 2 nitrogen and oxygen atoms in total. The quantitative estimate of drug-likeness (QED) is 0.365. The number of hydrogen-bond acceptors (Lipinski definition) is 2. The van der Waals surface area contributed by atoms with Crippen molar-refractivity contribution in [2.45, 2.75) is 39.3 Å². The smallest absolute Gasteiger partial charge is 0.200 e. The summed E-state index contributed by atoms with van der Waals surface area (Å²) in [5.74, 6) is -9.54. The van der Waals surface area contributed by atoms with Crippen molar-refractivity contribution in [3.63, 3.8) is 0 Å². The summed E-state index contributed by atoms with van der Waals surface area (Å²) in [4.78, 5) is 0. The molecule has 0 bridgehead atoms. The Morgan fingerprint density at radius 1 is 0.762 bits per heavy atom. The Morgan fingerprint density at radius 2 is 1.24 bits per heavy atom. The van der Waals surface area contributed by atoms with Crippen LogP contribution in [0.1, 0.15) is 32.8 Å². The second-order valence-corrected chi connectivity index (χ2v) is 5.76. The second-order valence-electron chi connectivity index (χ2n) is 5.76. The third-order valence-electron chi connectivity index (χ3n) is 2.79. The minimum Gasteiger partial charge on any atom is -0.312 e. The van der Waals surface area contributed by atoms with Crippen LogP contribution in [0.25, 0.3) is 0 Å². The van der Waals surface area contributed by atoms with Gasteiger partial charge in [-0.15, -0.1) is 0 Å². The predicted molar refractivity (Wildman–Crippen MR) is 70.3 cm³/mol. The van der Waals surface area contributed by atoms with Crippen LogP contribution in [0, 0.1) is 29.1 Å². The van der Waals surface area contributed by atoms with Crippen molar-refractivity contribution in [2.75, 3.05) is 13.1 Å². The third kappa shape index (κ3) is 4.93. The van der Waals surface area contributed by atoms with Crippen LogP contribution in [0.5, 0.6) is 0 Å². The van der Waals surface area contributed by atoms with E-state index in [1.165, 1.54) is 0 Å². The minimum atomic E-state index is -2.14. The molecule has 120 valence electrons. The van der Waals surface area contributed by atoms with Crippen molar-refractivity contribution in [3.8, 4) is 0 Å². The largest absolute Gasteiger partial charge is 0.312 e. The Kier molecular flexibility index (Phi) is 6.10. The first-order valence-corrected chi connectivity index (χ1v) is 6.61. The van der Waals surface area contributed by atoms with Crippen molar-refractivity contribution in [1.29, 1.82) is 0 Å². The highest BCUT2D eigenvalue weighted by atomic mass is 19.2. The van der Waals surface area contributed by atoms with Gasteiger partial charge in [-0.1, -0.05) is 0 Å². The van der Waals surface area contributed by atoms with Gasteiger partial charge < -0.3 is 10.6 Å². The van der Waals surface area contributed by atoms with E-state index < -0.39 is 41.2 Å². The molecule has 0 aliphatic rings. The van der Waals surface area contributed by atoms with E-state index in [1.807, 2.05) is 20.8 Å². The Bertz CT molecular complexity index is 468. The van der Waals surface area contributed by atoms with Gasteiger partial charge in [-0.05, 0) is 40.3 Å². The number of halogens is 5. The summed E-state index contributed by atoms with van der Waals surface area (Å²) in [6, 6.07) is 0. The first kappa shape index (κ1) is 17.8. The lowest BCUT2D eigenvalue weighted by Gasteiger charge is -2.20. The molecule has 0 aliphatic carbocycles. The summed E-state index contributed by atoms with van der Waals surface area (Å²) in [7, 11) is 0. The summed E-state index contributed by atoms with van der Waals surface area (Å²) < 4.78 is 65.5. The van der Waals surface area contributed by atoms with Crippen molar-refractivity contribution < 1.29 is 22.0 Å². The Hall–Kier alpha value is -1.21. The molecule has 0 unspecified atom stereocenters. The molecule has 1 aromatic carbocycles. The standard InChI is InChI=1S/C14H19F5N2/c1-14(2,3)21-6-4-5-20-7-8-9(15)11(17)13(19)12(18)10(8)16/h20-21H,4-7H2,1-3H3. The Balaban J connectivity index is 2.54. The van der Waals surface area contributed by atoms with Crippen LogP contribution in [0.3, 0.4) is 0 Å². The SMILES string of the molecule is CC(C)(C)NCCCNCc1c(F)c(F)c(F)c(F)c1F. The van der Waals surface area contributed by atoms with E-state index in [0.29, 0.717) is 19.5 Å². The zero-order valence-corrected chi connectivity index (χ0v) is 12.2. The van der Waals surface area contributed by atoms with Crippen LogP contribution in [0.4, 0.5) is 22.0 Å². The lowest BCUT2D eigenvalue weighted by Crippen LogP contribution is -2.37. The van der Waals surface area contributed by atoms with Crippen molar-refractivity contribution in [2.24, 2.45) is 0 Å². The summed E-state index contributed by atoms with van der Waals surface area (Å²) in [6.45, 7) is 6.64. The molecule has 21 heavy (non-hydrogen) atoms. The Labute approximate surface area is 120 Å². The van der Waals surface area contributed by atoms with Crippen LogP contribution in [-0.2, 0) is 6.54 Å². The van der Waals surface area contributed by atoms with Gasteiger partial charge in [-0.3, -0.25) is 0 Å². The number of rotatable bonds is 6. The van der Waals surface area contributed by atoms with Crippen LogP contribution in [0.15, 0.2) is 0 Å². The molecule has 0 saturated heterocycles. The lowest BCUT2D eigenvalue weighted by atomic mass is 10.1. The number of hydrogen-bond donors (Lipinski definition) is 2. The van der Waals surface area contributed by atoms with Gasteiger partial charge in [-0.25, -0.2) is 22.0 Å². The molecule has 0 aromatic heterocycles. The van der Waals surface area contributed by atoms with Crippen LogP contribution < -0.4 is 10.6 Å². The molecular weight excluding hydrogens is 291 g/mol. The predicted octanol–water partition coefficient (Wildman–Crippen LogP) is 3.25. The number of nitrogens with one attached hydrogen (secondary N) is 2. The second kappa shape index (κ2) is 7.17. The third-order valence-corrected chi connectivity index (χ3v) is 2.79. The topological polar surface area (TPSA) is 24.1 Å². The van der Waals surface area contributed by atoms with Gasteiger partial charge in [0.25, 0.3) is 0 Å². The average Bonchev–Trinajstić information content (AvgIpc) is 2.40.